The molecule has 114 valence electrons. The van der Waals surface area contributed by atoms with Gasteiger partial charge in [0.1, 0.15) is 5.82 Å². The summed E-state index contributed by atoms with van der Waals surface area (Å²) >= 11 is 3.55. The Bertz CT molecular complexity index is 855. The van der Waals surface area contributed by atoms with Crippen molar-refractivity contribution in [1.82, 2.24) is 9.55 Å². The summed E-state index contributed by atoms with van der Waals surface area (Å²) in [6.07, 6.45) is 0. The molecule has 0 bridgehead atoms. The fraction of sp³-hybridized carbons (Fsp3) is 0.235. The molecule has 1 heterocycles. The zero-order valence-corrected chi connectivity index (χ0v) is 14.6. The molecule has 0 radical (unpaired) electrons. The molecule has 0 N–H and O–H groups in total. The maximum absolute atomic E-state index is 5.39. The molecule has 22 heavy (non-hydrogen) atoms. The molecule has 0 amide bonds. The van der Waals surface area contributed by atoms with Crippen LogP contribution in [0.2, 0.25) is 0 Å². The monoisotopic (exact) mass is 360 g/mol. The van der Waals surface area contributed by atoms with Gasteiger partial charge in [-0.15, -0.1) is 0 Å². The largest absolute Gasteiger partial charge is 0.493 e. The summed E-state index contributed by atoms with van der Waals surface area (Å²) in [4.78, 5) is 4.80. The minimum Gasteiger partial charge on any atom is -0.493 e. The van der Waals surface area contributed by atoms with Gasteiger partial charge < -0.3 is 14.0 Å². The van der Waals surface area contributed by atoms with Crippen LogP contribution in [0.4, 0.5) is 0 Å². The number of aromatic nitrogens is 2. The van der Waals surface area contributed by atoms with Crippen LogP contribution in [0.5, 0.6) is 11.5 Å². The van der Waals surface area contributed by atoms with Crippen LogP contribution in [-0.4, -0.2) is 23.8 Å². The Hall–Kier alpha value is -2.01. The Morgan fingerprint density at radius 1 is 1.05 bits per heavy atom. The summed E-state index contributed by atoms with van der Waals surface area (Å²) in [5, 5.41) is 0. The molecule has 1 aromatic heterocycles. The van der Waals surface area contributed by atoms with Gasteiger partial charge in [-0.2, -0.15) is 0 Å². The molecule has 3 rings (SSSR count). The van der Waals surface area contributed by atoms with Crippen molar-refractivity contribution in [2.75, 3.05) is 14.2 Å². The van der Waals surface area contributed by atoms with E-state index in [1.165, 1.54) is 0 Å². The highest BCUT2D eigenvalue weighted by atomic mass is 79.9. The van der Waals surface area contributed by atoms with Crippen LogP contribution in [0.3, 0.4) is 0 Å². The lowest BCUT2D eigenvalue weighted by Crippen LogP contribution is -1.95. The topological polar surface area (TPSA) is 36.3 Å². The van der Waals surface area contributed by atoms with E-state index < -0.39 is 0 Å². The second kappa shape index (κ2) is 5.65. The maximum Gasteiger partial charge on any atom is 0.161 e. The maximum atomic E-state index is 5.39. The summed E-state index contributed by atoms with van der Waals surface area (Å²) in [5.74, 6) is 2.31. The lowest BCUT2D eigenvalue weighted by molar-refractivity contribution is 0.355. The number of hydrogen-bond acceptors (Lipinski definition) is 3. The van der Waals surface area contributed by atoms with Crippen molar-refractivity contribution in [3.8, 4) is 22.9 Å². The number of rotatable bonds is 3. The number of nitrogens with zero attached hydrogens (tertiary/aromatic N) is 2. The Balaban J connectivity index is 2.22. The molecular formula is C17H17BrN2O2. The van der Waals surface area contributed by atoms with E-state index in [4.69, 9.17) is 14.5 Å². The van der Waals surface area contributed by atoms with Crippen LogP contribution >= 0.6 is 15.9 Å². The van der Waals surface area contributed by atoms with Gasteiger partial charge in [0.2, 0.25) is 0 Å². The number of fused-ring (bicyclic) bond motifs is 1. The van der Waals surface area contributed by atoms with E-state index >= 15 is 0 Å². The van der Waals surface area contributed by atoms with Gasteiger partial charge in [0.15, 0.2) is 11.5 Å². The minimum absolute atomic E-state index is 0.699. The molecule has 4 nitrogen and oxygen atoms in total. The summed E-state index contributed by atoms with van der Waals surface area (Å²) in [7, 11) is 5.29. The summed E-state index contributed by atoms with van der Waals surface area (Å²) in [6, 6.07) is 10.0. The number of benzene rings is 2. The van der Waals surface area contributed by atoms with Crippen molar-refractivity contribution in [3.63, 3.8) is 0 Å². The van der Waals surface area contributed by atoms with Crippen LogP contribution in [0.25, 0.3) is 22.4 Å². The quantitative estimate of drug-likeness (QED) is 0.697. The van der Waals surface area contributed by atoms with Crippen molar-refractivity contribution in [1.29, 1.82) is 0 Å². The van der Waals surface area contributed by atoms with Gasteiger partial charge in [0, 0.05) is 17.1 Å². The smallest absolute Gasteiger partial charge is 0.161 e. The number of hydrogen-bond donors (Lipinski definition) is 0. The standard InChI is InChI=1S/C17H17BrN2O2/c1-10-7-12(18)9-13-16(10)19-17(20(13)2)11-5-6-14(21-3)15(8-11)22-4/h5-9H,1-4H3. The number of halogens is 1. The molecule has 0 saturated heterocycles. The van der Waals surface area contributed by atoms with Gasteiger partial charge >= 0.3 is 0 Å². The highest BCUT2D eigenvalue weighted by Crippen LogP contribution is 2.34. The third-order valence-corrected chi connectivity index (χ3v) is 4.24. The fourth-order valence-corrected chi connectivity index (χ4v) is 3.21. The van der Waals surface area contributed by atoms with Gasteiger partial charge in [0.25, 0.3) is 0 Å². The van der Waals surface area contributed by atoms with Crippen molar-refractivity contribution in [2.24, 2.45) is 7.05 Å². The Kier molecular flexibility index (Phi) is 3.83. The number of methoxy groups -OCH3 is 2. The van der Waals surface area contributed by atoms with E-state index in [1.807, 2.05) is 25.2 Å². The first kappa shape index (κ1) is 14.9. The van der Waals surface area contributed by atoms with E-state index in [9.17, 15) is 0 Å². The van der Waals surface area contributed by atoms with E-state index in [-0.39, 0.29) is 0 Å². The number of ether oxygens (including phenoxy) is 2. The molecule has 0 aliphatic rings. The van der Waals surface area contributed by atoms with Gasteiger partial charge in [-0.25, -0.2) is 4.98 Å². The molecule has 5 heteroatoms. The fourth-order valence-electron chi connectivity index (χ4n) is 2.65. The third kappa shape index (κ3) is 2.35. The van der Waals surface area contributed by atoms with E-state index in [0.29, 0.717) is 11.5 Å². The third-order valence-electron chi connectivity index (χ3n) is 3.78. The van der Waals surface area contributed by atoms with Crippen LogP contribution in [0.1, 0.15) is 5.56 Å². The Morgan fingerprint density at radius 2 is 1.77 bits per heavy atom. The lowest BCUT2D eigenvalue weighted by Gasteiger charge is -2.09. The SMILES string of the molecule is COc1ccc(-c2nc3c(C)cc(Br)cc3n2C)cc1OC. The normalized spacial score (nSPS) is 11.0. The molecule has 0 fully saturated rings. The van der Waals surface area contributed by atoms with Crippen LogP contribution in [0, 0.1) is 6.92 Å². The first-order valence-electron chi connectivity index (χ1n) is 6.90. The highest BCUT2D eigenvalue weighted by molar-refractivity contribution is 9.10. The first-order valence-corrected chi connectivity index (χ1v) is 7.69. The zero-order valence-electron chi connectivity index (χ0n) is 13.0. The Labute approximate surface area is 137 Å². The predicted molar refractivity (Wildman–Crippen MR) is 91.7 cm³/mol. The van der Waals surface area contributed by atoms with Crippen molar-refractivity contribution in [3.05, 3.63) is 40.4 Å². The number of imidazole rings is 1. The average molecular weight is 361 g/mol. The molecule has 0 saturated carbocycles. The zero-order chi connectivity index (χ0) is 15.9. The lowest BCUT2D eigenvalue weighted by atomic mass is 10.2. The number of aryl methyl sites for hydroxylation is 2. The summed E-state index contributed by atoms with van der Waals surface area (Å²) in [6.45, 7) is 2.07. The molecule has 0 unspecified atom stereocenters. The summed E-state index contributed by atoms with van der Waals surface area (Å²) < 4.78 is 13.8. The van der Waals surface area contributed by atoms with Gasteiger partial charge in [0.05, 0.1) is 25.3 Å². The molecule has 0 spiro atoms. The van der Waals surface area contributed by atoms with Crippen molar-refractivity contribution >= 4 is 27.0 Å². The molecule has 3 aromatic rings. The molecule has 0 atom stereocenters. The molecular weight excluding hydrogens is 344 g/mol. The predicted octanol–water partition coefficient (Wildman–Crippen LogP) is 4.33. The van der Waals surface area contributed by atoms with Gasteiger partial charge in [-0.3, -0.25) is 0 Å². The van der Waals surface area contributed by atoms with Crippen molar-refractivity contribution < 1.29 is 9.47 Å². The van der Waals surface area contributed by atoms with Gasteiger partial charge in [-0.05, 0) is 42.8 Å². The van der Waals surface area contributed by atoms with E-state index in [1.54, 1.807) is 14.2 Å². The van der Waals surface area contributed by atoms with Crippen molar-refractivity contribution in [2.45, 2.75) is 6.92 Å². The highest BCUT2D eigenvalue weighted by Gasteiger charge is 2.14. The minimum atomic E-state index is 0.699. The second-order valence-electron chi connectivity index (χ2n) is 5.15. The van der Waals surface area contributed by atoms with Crippen LogP contribution in [-0.2, 0) is 7.05 Å². The molecule has 0 aliphatic heterocycles. The second-order valence-corrected chi connectivity index (χ2v) is 6.07. The molecule has 2 aromatic carbocycles. The Morgan fingerprint density at radius 3 is 2.45 bits per heavy atom. The first-order chi connectivity index (χ1) is 10.5. The van der Waals surface area contributed by atoms with E-state index in [2.05, 4.69) is 39.6 Å². The van der Waals surface area contributed by atoms with Gasteiger partial charge in [-0.1, -0.05) is 15.9 Å². The summed E-state index contributed by atoms with van der Waals surface area (Å²) in [5.41, 5.74) is 4.24. The van der Waals surface area contributed by atoms with Crippen LogP contribution in [0.15, 0.2) is 34.8 Å². The average Bonchev–Trinajstić information content (AvgIpc) is 2.84. The molecule has 0 aliphatic carbocycles. The van der Waals surface area contributed by atoms with Crippen LogP contribution < -0.4 is 9.47 Å². The van der Waals surface area contributed by atoms with E-state index in [0.717, 1.165) is 32.5 Å².